The molecule has 3 N–H and O–H groups in total. The quantitative estimate of drug-likeness (QED) is 0.233. The molecule has 2 aromatic carbocycles. The first kappa shape index (κ1) is 33.0. The van der Waals surface area contributed by atoms with Crippen LogP contribution in [-0.4, -0.2) is 82.5 Å². The smallest absolute Gasteiger partial charge is 0.234 e. The number of amides is 2. The molecule has 2 amide bonds. The van der Waals surface area contributed by atoms with E-state index in [1.807, 2.05) is 31.2 Å². The molecule has 0 spiro atoms. The van der Waals surface area contributed by atoms with Crippen LogP contribution in [0.4, 0.5) is 4.39 Å². The highest BCUT2D eigenvalue weighted by atomic mass is 19.1. The van der Waals surface area contributed by atoms with E-state index in [4.69, 9.17) is 4.74 Å². The van der Waals surface area contributed by atoms with Gasteiger partial charge in [-0.3, -0.25) is 19.4 Å². The van der Waals surface area contributed by atoms with E-state index in [9.17, 15) is 29.3 Å². The molecule has 0 bridgehead atoms. The maximum Gasteiger partial charge on any atom is 0.234 e. The number of aliphatic hydroxyl groups excluding tert-OH is 2. The molecular formula is C36H45FN2O6. The van der Waals surface area contributed by atoms with Crippen molar-refractivity contribution in [1.82, 2.24) is 9.80 Å². The molecule has 2 heterocycles. The first-order chi connectivity index (χ1) is 21.7. The number of ether oxygens (including phenoxy) is 1. The number of methoxy groups -OCH3 is 1. The average Bonchev–Trinajstić information content (AvgIpc) is 3.29. The van der Waals surface area contributed by atoms with Crippen molar-refractivity contribution in [2.45, 2.75) is 64.1 Å². The van der Waals surface area contributed by atoms with Gasteiger partial charge in [0.1, 0.15) is 0 Å². The summed E-state index contributed by atoms with van der Waals surface area (Å²) in [5.74, 6) is -3.48. The Bertz CT molecular complexity index is 1420. The van der Waals surface area contributed by atoms with Crippen LogP contribution in [0.3, 0.4) is 0 Å². The van der Waals surface area contributed by atoms with Crippen LogP contribution in [0.2, 0.25) is 0 Å². The molecule has 2 saturated heterocycles. The molecule has 1 aliphatic carbocycles. The number of benzene rings is 2. The fourth-order valence-electron chi connectivity index (χ4n) is 7.50. The summed E-state index contributed by atoms with van der Waals surface area (Å²) in [6, 6.07) is 14.3. The lowest BCUT2D eigenvalue weighted by atomic mass is 9.68. The zero-order valence-corrected chi connectivity index (χ0v) is 26.2. The summed E-state index contributed by atoms with van der Waals surface area (Å²) < 4.78 is 19.4. The molecule has 0 aromatic heterocycles. The fourth-order valence-corrected chi connectivity index (χ4v) is 7.50. The van der Waals surface area contributed by atoms with Crippen molar-refractivity contribution in [1.29, 1.82) is 0 Å². The van der Waals surface area contributed by atoms with Gasteiger partial charge in [-0.05, 0) is 72.9 Å². The third-order valence-electron chi connectivity index (χ3n) is 9.80. The number of hydrogen-bond acceptors (Lipinski definition) is 7. The number of carbonyl (C=O) groups excluding carboxylic acids is 2. The van der Waals surface area contributed by atoms with E-state index in [0.717, 1.165) is 30.8 Å². The molecular weight excluding hydrogens is 575 g/mol. The minimum absolute atomic E-state index is 0.176. The highest BCUT2D eigenvalue weighted by Gasteiger charge is 2.56. The maximum atomic E-state index is 14.0. The average molecular weight is 621 g/mol. The minimum Gasteiger partial charge on any atom is -0.505 e. The molecule has 0 saturated carbocycles. The number of fused-ring (bicyclic) bond motifs is 1. The van der Waals surface area contributed by atoms with Gasteiger partial charge in [-0.15, -0.1) is 0 Å². The lowest BCUT2D eigenvalue weighted by molar-refractivity contribution is -0.144. The summed E-state index contributed by atoms with van der Waals surface area (Å²) in [6.45, 7) is 4.24. The number of halogens is 1. The van der Waals surface area contributed by atoms with E-state index in [1.165, 1.54) is 22.6 Å². The van der Waals surface area contributed by atoms with E-state index in [1.54, 1.807) is 13.2 Å². The molecule has 242 valence electrons. The Morgan fingerprint density at radius 1 is 1.11 bits per heavy atom. The lowest BCUT2D eigenvalue weighted by Gasteiger charge is -2.37. The summed E-state index contributed by atoms with van der Waals surface area (Å²) in [5, 5.41) is 31.7. The van der Waals surface area contributed by atoms with Crippen LogP contribution < -0.4 is 0 Å². The van der Waals surface area contributed by atoms with E-state index >= 15 is 0 Å². The second-order valence-corrected chi connectivity index (χ2v) is 12.6. The molecule has 45 heavy (non-hydrogen) atoms. The molecule has 8 nitrogen and oxygen atoms in total. The van der Waals surface area contributed by atoms with Gasteiger partial charge in [0.15, 0.2) is 11.6 Å². The highest BCUT2D eigenvalue weighted by Crippen LogP contribution is 2.47. The van der Waals surface area contributed by atoms with Gasteiger partial charge in [-0.25, -0.2) is 4.39 Å². The molecule has 0 unspecified atom stereocenters. The Hall–Kier alpha value is -3.37. The number of aliphatic hydroxyl groups is 2. The van der Waals surface area contributed by atoms with Gasteiger partial charge >= 0.3 is 0 Å². The largest absolute Gasteiger partial charge is 0.505 e. The van der Waals surface area contributed by atoms with Gasteiger partial charge in [0.05, 0.1) is 31.2 Å². The topological polar surface area (TPSA) is 111 Å². The van der Waals surface area contributed by atoms with Crippen molar-refractivity contribution in [2.75, 3.05) is 33.4 Å². The third kappa shape index (κ3) is 7.22. The zero-order valence-electron chi connectivity index (χ0n) is 26.2. The molecule has 2 aliphatic heterocycles. The number of likely N-dealkylation sites (tertiary alicyclic amines) is 2. The monoisotopic (exact) mass is 620 g/mol. The number of carbonyl (C=O) groups is 2. The van der Waals surface area contributed by atoms with Gasteiger partial charge in [0.25, 0.3) is 0 Å². The van der Waals surface area contributed by atoms with Crippen molar-refractivity contribution in [2.24, 2.45) is 17.8 Å². The summed E-state index contributed by atoms with van der Waals surface area (Å²) >= 11 is 0. The van der Waals surface area contributed by atoms with E-state index < -0.39 is 35.4 Å². The Morgan fingerprint density at radius 2 is 1.84 bits per heavy atom. The Morgan fingerprint density at radius 3 is 2.49 bits per heavy atom. The van der Waals surface area contributed by atoms with Crippen LogP contribution in [0.1, 0.15) is 56.6 Å². The van der Waals surface area contributed by atoms with Gasteiger partial charge in [-0.1, -0.05) is 55.0 Å². The van der Waals surface area contributed by atoms with Crippen LogP contribution >= 0.6 is 0 Å². The predicted molar refractivity (Wildman–Crippen MR) is 169 cm³/mol. The van der Waals surface area contributed by atoms with E-state index in [0.29, 0.717) is 49.7 Å². The van der Waals surface area contributed by atoms with Crippen molar-refractivity contribution in [3.8, 4) is 5.75 Å². The Labute approximate surface area is 264 Å². The summed E-state index contributed by atoms with van der Waals surface area (Å²) in [7, 11) is 1.56. The van der Waals surface area contributed by atoms with Crippen LogP contribution in [0.25, 0.3) is 6.08 Å². The van der Waals surface area contributed by atoms with Crippen LogP contribution in [0, 0.1) is 23.6 Å². The second kappa shape index (κ2) is 14.8. The van der Waals surface area contributed by atoms with Gasteiger partial charge in [0.2, 0.25) is 11.8 Å². The number of phenolic OH excluding ortho intramolecular Hbond substituents is 1. The molecule has 4 atom stereocenters. The summed E-state index contributed by atoms with van der Waals surface area (Å²) in [4.78, 5) is 31.6. The van der Waals surface area contributed by atoms with Crippen LogP contribution in [-0.2, 0) is 20.9 Å². The number of aromatic hydroxyl groups is 1. The number of imide groups is 1. The predicted octanol–water partition coefficient (Wildman–Crippen LogP) is 4.69. The maximum absolute atomic E-state index is 14.0. The third-order valence-corrected chi connectivity index (χ3v) is 9.80. The standard InChI is InChI=1S/C36H45FN2O6/c1-3-23(17-25-10-11-31(41)30(37)18-25)9-12-32(42)33-26(22-45-2)19-28-34(29(33)21-40)36(44)39(35(28)43)27-13-15-38(16-14-27)20-24-7-5-4-6-8-24/h4-8,10-11,17-18,27-29,32,34,40-42H,3,9,12-16,19-22H2,1-2H3/b23-17+/t28-,29+,32-,34-/m1/s1. The minimum atomic E-state index is -0.946. The fraction of sp³-hybridized carbons (Fsp3) is 0.500. The molecule has 2 fully saturated rings. The second-order valence-electron chi connectivity index (χ2n) is 12.6. The molecule has 5 rings (SSSR count). The van der Waals surface area contributed by atoms with Crippen molar-refractivity contribution in [3.63, 3.8) is 0 Å². The van der Waals surface area contributed by atoms with Crippen molar-refractivity contribution < 1.29 is 34.0 Å². The number of nitrogens with zero attached hydrogens (tertiary/aromatic N) is 2. The zero-order chi connectivity index (χ0) is 32.1. The van der Waals surface area contributed by atoms with Gasteiger partial charge < -0.3 is 20.1 Å². The van der Waals surface area contributed by atoms with Crippen LogP contribution in [0.5, 0.6) is 5.75 Å². The Balaban J connectivity index is 1.29. The number of hydrogen-bond donors (Lipinski definition) is 3. The van der Waals surface area contributed by atoms with Gasteiger partial charge in [-0.2, -0.15) is 0 Å². The number of piperidine rings is 1. The lowest BCUT2D eigenvalue weighted by Crippen LogP contribution is -2.47. The first-order valence-corrected chi connectivity index (χ1v) is 16.1. The summed E-state index contributed by atoms with van der Waals surface area (Å²) in [5.41, 5.74) is 4.21. The normalized spacial score (nSPS) is 24.0. The van der Waals surface area contributed by atoms with E-state index in [2.05, 4.69) is 17.0 Å². The number of rotatable bonds is 12. The highest BCUT2D eigenvalue weighted by molar-refractivity contribution is 6.06. The molecule has 9 heteroatoms. The van der Waals surface area contributed by atoms with Gasteiger partial charge in [0, 0.05) is 38.7 Å². The molecule has 2 aromatic rings. The Kier molecular flexibility index (Phi) is 10.9. The summed E-state index contributed by atoms with van der Waals surface area (Å²) in [6.07, 6.45) is 4.16. The number of allylic oxidation sites excluding steroid dienone is 1. The molecule has 0 radical (unpaired) electrons. The van der Waals surface area contributed by atoms with Crippen molar-refractivity contribution >= 4 is 17.9 Å². The first-order valence-electron chi connectivity index (χ1n) is 16.1. The number of phenols is 1. The van der Waals surface area contributed by atoms with E-state index in [-0.39, 0.29) is 31.1 Å². The van der Waals surface area contributed by atoms with Crippen LogP contribution in [0.15, 0.2) is 65.3 Å². The molecule has 3 aliphatic rings. The van der Waals surface area contributed by atoms with Crippen molar-refractivity contribution in [3.05, 3.63) is 82.2 Å². The SMILES string of the molecule is CC/C(=C\c1ccc(O)c(F)c1)CC[C@@H](O)C1=C(COC)C[C@H]2C(=O)N(C3CCN(Cc4ccccc4)CC3)C(=O)[C@H]2[C@H]1CO.